The SMILES string of the molecule is COc1cc(N2Cc3ccc(CCc4ccccc4)nc3C2=O)ccc1OCCN1CCCC1. The van der Waals surface area contributed by atoms with Crippen LogP contribution in [0.15, 0.2) is 60.7 Å². The van der Waals surface area contributed by atoms with Crippen molar-refractivity contribution in [2.45, 2.75) is 32.2 Å². The summed E-state index contributed by atoms with van der Waals surface area (Å²) in [6.45, 7) is 4.36. The van der Waals surface area contributed by atoms with Crippen LogP contribution in [0.1, 0.15) is 40.2 Å². The van der Waals surface area contributed by atoms with Crippen LogP contribution in [-0.2, 0) is 19.4 Å². The summed E-state index contributed by atoms with van der Waals surface area (Å²) >= 11 is 0. The Morgan fingerprint density at radius 2 is 1.76 bits per heavy atom. The third-order valence-electron chi connectivity index (χ3n) is 6.65. The molecule has 1 aromatic heterocycles. The molecule has 6 heteroatoms. The number of aryl methyl sites for hydroxylation is 2. The van der Waals surface area contributed by atoms with Crippen molar-refractivity contribution in [2.24, 2.45) is 0 Å². The Kier molecular flexibility index (Phi) is 6.77. The fourth-order valence-electron chi connectivity index (χ4n) is 4.71. The molecule has 5 rings (SSSR count). The van der Waals surface area contributed by atoms with Gasteiger partial charge in [-0.25, -0.2) is 4.98 Å². The maximum Gasteiger partial charge on any atom is 0.277 e. The molecular weight excluding hydrogens is 426 g/mol. The van der Waals surface area contributed by atoms with Gasteiger partial charge in [0.1, 0.15) is 12.3 Å². The molecule has 0 aliphatic carbocycles. The van der Waals surface area contributed by atoms with E-state index >= 15 is 0 Å². The first kappa shape index (κ1) is 22.4. The van der Waals surface area contributed by atoms with Gasteiger partial charge < -0.3 is 14.4 Å². The van der Waals surface area contributed by atoms with Crippen molar-refractivity contribution in [1.29, 1.82) is 0 Å². The first-order valence-corrected chi connectivity index (χ1v) is 12.1. The molecule has 1 amide bonds. The van der Waals surface area contributed by atoms with Crippen molar-refractivity contribution >= 4 is 11.6 Å². The topological polar surface area (TPSA) is 54.9 Å². The molecule has 1 saturated heterocycles. The number of likely N-dealkylation sites (tertiary alicyclic amines) is 1. The number of hydrogen-bond donors (Lipinski definition) is 0. The second-order valence-electron chi connectivity index (χ2n) is 8.92. The zero-order valence-electron chi connectivity index (χ0n) is 19.7. The number of anilines is 1. The van der Waals surface area contributed by atoms with E-state index in [2.05, 4.69) is 17.0 Å². The number of rotatable bonds is 9. The number of fused-ring (bicyclic) bond motifs is 1. The highest BCUT2D eigenvalue weighted by Crippen LogP contribution is 2.35. The highest BCUT2D eigenvalue weighted by Gasteiger charge is 2.30. The summed E-state index contributed by atoms with van der Waals surface area (Å²) in [6, 6.07) is 20.1. The maximum atomic E-state index is 13.2. The Balaban J connectivity index is 1.25. The molecule has 0 spiro atoms. The average Bonchev–Trinajstić information content (AvgIpc) is 3.51. The van der Waals surface area contributed by atoms with Gasteiger partial charge in [0.05, 0.1) is 13.7 Å². The number of methoxy groups -OCH3 is 1. The van der Waals surface area contributed by atoms with Crippen LogP contribution in [-0.4, -0.2) is 49.1 Å². The van der Waals surface area contributed by atoms with Gasteiger partial charge in [0.15, 0.2) is 11.5 Å². The third kappa shape index (κ3) is 4.92. The monoisotopic (exact) mass is 457 g/mol. The molecule has 34 heavy (non-hydrogen) atoms. The van der Waals surface area contributed by atoms with Crippen LogP contribution in [0.5, 0.6) is 11.5 Å². The van der Waals surface area contributed by atoms with E-state index in [1.54, 1.807) is 12.0 Å². The highest BCUT2D eigenvalue weighted by molar-refractivity contribution is 6.08. The average molecular weight is 458 g/mol. The Morgan fingerprint density at radius 1 is 0.941 bits per heavy atom. The van der Waals surface area contributed by atoms with Gasteiger partial charge >= 0.3 is 0 Å². The quantitative estimate of drug-likeness (QED) is 0.473. The largest absolute Gasteiger partial charge is 0.493 e. The Bertz CT molecular complexity index is 1140. The Labute approximate surface area is 201 Å². The molecule has 3 aromatic rings. The Hall–Kier alpha value is -3.38. The molecule has 3 heterocycles. The van der Waals surface area contributed by atoms with E-state index < -0.39 is 0 Å². The van der Waals surface area contributed by atoms with Crippen molar-refractivity contribution in [2.75, 3.05) is 38.3 Å². The van der Waals surface area contributed by atoms with Gasteiger partial charge in [0, 0.05) is 29.6 Å². The first-order chi connectivity index (χ1) is 16.7. The third-order valence-corrected chi connectivity index (χ3v) is 6.65. The summed E-state index contributed by atoms with van der Waals surface area (Å²) in [6.07, 6.45) is 4.25. The summed E-state index contributed by atoms with van der Waals surface area (Å²) in [7, 11) is 1.63. The molecular formula is C28H31N3O3. The number of nitrogens with zero attached hydrogens (tertiary/aromatic N) is 3. The number of ether oxygens (including phenoxy) is 2. The molecule has 0 atom stereocenters. The predicted octanol–water partition coefficient (Wildman–Crippen LogP) is 4.51. The van der Waals surface area contributed by atoms with Crippen LogP contribution in [0.4, 0.5) is 5.69 Å². The van der Waals surface area contributed by atoms with Crippen LogP contribution in [0, 0.1) is 0 Å². The van der Waals surface area contributed by atoms with E-state index in [1.165, 1.54) is 18.4 Å². The van der Waals surface area contributed by atoms with E-state index in [-0.39, 0.29) is 5.91 Å². The summed E-state index contributed by atoms with van der Waals surface area (Å²) in [4.78, 5) is 22.1. The molecule has 1 fully saturated rings. The Morgan fingerprint density at radius 3 is 2.56 bits per heavy atom. The molecule has 0 unspecified atom stereocenters. The number of hydrogen-bond acceptors (Lipinski definition) is 5. The number of amides is 1. The van der Waals surface area contributed by atoms with Crippen molar-refractivity contribution in [3.05, 3.63) is 83.2 Å². The second-order valence-corrected chi connectivity index (χ2v) is 8.92. The van der Waals surface area contributed by atoms with Gasteiger partial charge in [-0.3, -0.25) is 9.69 Å². The number of pyridine rings is 1. The zero-order chi connectivity index (χ0) is 23.3. The predicted molar refractivity (Wildman–Crippen MR) is 133 cm³/mol. The molecule has 2 aliphatic heterocycles. The van der Waals surface area contributed by atoms with Gasteiger partial charge in [-0.15, -0.1) is 0 Å². The summed E-state index contributed by atoms with van der Waals surface area (Å²) in [5.41, 5.74) is 4.51. The highest BCUT2D eigenvalue weighted by atomic mass is 16.5. The van der Waals surface area contributed by atoms with Gasteiger partial charge in [-0.1, -0.05) is 36.4 Å². The van der Waals surface area contributed by atoms with E-state index in [0.29, 0.717) is 30.3 Å². The molecule has 2 aliphatic rings. The fraction of sp³-hybridized carbons (Fsp3) is 0.357. The lowest BCUT2D eigenvalue weighted by atomic mass is 10.1. The van der Waals surface area contributed by atoms with E-state index in [0.717, 1.165) is 49.4 Å². The van der Waals surface area contributed by atoms with Crippen LogP contribution < -0.4 is 14.4 Å². The van der Waals surface area contributed by atoms with Gasteiger partial charge in [0.25, 0.3) is 5.91 Å². The van der Waals surface area contributed by atoms with Crippen molar-refractivity contribution < 1.29 is 14.3 Å². The summed E-state index contributed by atoms with van der Waals surface area (Å²) < 4.78 is 11.6. The van der Waals surface area contributed by atoms with Crippen LogP contribution in [0.2, 0.25) is 0 Å². The minimum atomic E-state index is -0.0682. The lowest BCUT2D eigenvalue weighted by Gasteiger charge is -2.19. The van der Waals surface area contributed by atoms with Crippen LogP contribution >= 0.6 is 0 Å². The van der Waals surface area contributed by atoms with Crippen molar-refractivity contribution in [1.82, 2.24) is 9.88 Å². The fourth-order valence-corrected chi connectivity index (χ4v) is 4.71. The molecule has 0 saturated carbocycles. The molecule has 176 valence electrons. The summed E-state index contributed by atoms with van der Waals surface area (Å²) in [5, 5.41) is 0. The summed E-state index contributed by atoms with van der Waals surface area (Å²) in [5.74, 6) is 1.27. The molecule has 0 bridgehead atoms. The van der Waals surface area contributed by atoms with Gasteiger partial charge in [-0.2, -0.15) is 0 Å². The minimum Gasteiger partial charge on any atom is -0.493 e. The standard InChI is InChI=1S/C28H31N3O3/c1-33-26-19-24(13-14-25(26)34-18-17-30-15-5-6-16-30)31-20-22-10-12-23(29-27(22)28(31)32)11-9-21-7-3-2-4-8-21/h2-4,7-8,10,12-14,19H,5-6,9,11,15-18,20H2,1H3. The molecule has 0 radical (unpaired) electrons. The number of benzene rings is 2. The van der Waals surface area contributed by atoms with E-state index in [1.807, 2.05) is 48.5 Å². The second kappa shape index (κ2) is 10.3. The van der Waals surface area contributed by atoms with Crippen LogP contribution in [0.25, 0.3) is 0 Å². The lowest BCUT2D eigenvalue weighted by Crippen LogP contribution is -2.25. The van der Waals surface area contributed by atoms with Gasteiger partial charge in [0.2, 0.25) is 0 Å². The van der Waals surface area contributed by atoms with Gasteiger partial charge in [-0.05, 0) is 62.5 Å². The van der Waals surface area contributed by atoms with E-state index in [4.69, 9.17) is 14.5 Å². The maximum absolute atomic E-state index is 13.2. The number of aromatic nitrogens is 1. The first-order valence-electron chi connectivity index (χ1n) is 12.1. The van der Waals surface area contributed by atoms with Crippen molar-refractivity contribution in [3.63, 3.8) is 0 Å². The molecule has 6 nitrogen and oxygen atoms in total. The normalized spacial score (nSPS) is 15.6. The number of carbonyl (C=O) groups excluding carboxylic acids is 1. The minimum absolute atomic E-state index is 0.0682. The smallest absolute Gasteiger partial charge is 0.277 e. The lowest BCUT2D eigenvalue weighted by molar-refractivity contribution is 0.0992. The zero-order valence-corrected chi connectivity index (χ0v) is 19.7. The van der Waals surface area contributed by atoms with Crippen molar-refractivity contribution in [3.8, 4) is 11.5 Å². The number of carbonyl (C=O) groups is 1. The molecule has 2 aromatic carbocycles. The van der Waals surface area contributed by atoms with Crippen LogP contribution in [0.3, 0.4) is 0 Å². The molecule has 0 N–H and O–H groups in total. The van der Waals surface area contributed by atoms with E-state index in [9.17, 15) is 4.79 Å².